The summed E-state index contributed by atoms with van der Waals surface area (Å²) in [5.41, 5.74) is 4.30. The largest absolute Gasteiger partial charge is 0.464 e. The predicted octanol–water partition coefficient (Wildman–Crippen LogP) is 5.49. The van der Waals surface area contributed by atoms with E-state index in [0.29, 0.717) is 25.2 Å². The zero-order valence-electron chi connectivity index (χ0n) is 19.9. The van der Waals surface area contributed by atoms with E-state index in [9.17, 15) is 4.79 Å². The molecule has 0 radical (unpaired) electrons. The first-order valence-electron chi connectivity index (χ1n) is 11.5. The number of ether oxygens (including phenoxy) is 1. The topological polar surface area (TPSA) is 81.7 Å². The van der Waals surface area contributed by atoms with Crippen LogP contribution in [0.2, 0.25) is 0 Å². The summed E-state index contributed by atoms with van der Waals surface area (Å²) in [5.74, 6) is 0.802. The van der Waals surface area contributed by atoms with Crippen molar-refractivity contribution in [2.45, 2.75) is 32.9 Å². The minimum Gasteiger partial charge on any atom is -0.464 e. The summed E-state index contributed by atoms with van der Waals surface area (Å²) in [6.45, 7) is 9.12. The second kappa shape index (κ2) is 9.92. The number of carbonyl (C=O) groups excluding carboxylic acids is 1. The Kier molecular flexibility index (Phi) is 6.78. The molecule has 0 spiro atoms. The third-order valence-corrected chi connectivity index (χ3v) is 5.67. The molecule has 34 heavy (non-hydrogen) atoms. The molecule has 2 heterocycles. The fourth-order valence-electron chi connectivity index (χ4n) is 3.89. The van der Waals surface area contributed by atoms with Gasteiger partial charge in [-0.15, -0.1) is 0 Å². The Hall–Kier alpha value is -3.92. The Balaban J connectivity index is 1.31. The number of anilines is 2. The second-order valence-corrected chi connectivity index (χ2v) is 9.32. The lowest BCUT2D eigenvalue weighted by atomic mass is 10.1. The van der Waals surface area contributed by atoms with Crippen LogP contribution in [0.15, 0.2) is 65.3 Å². The number of nitrogens with zero attached hydrogens (tertiary/aromatic N) is 3. The summed E-state index contributed by atoms with van der Waals surface area (Å²) < 4.78 is 11.2. The van der Waals surface area contributed by atoms with E-state index in [1.807, 2.05) is 39.0 Å². The van der Waals surface area contributed by atoms with Gasteiger partial charge in [0, 0.05) is 55.2 Å². The van der Waals surface area contributed by atoms with E-state index < -0.39 is 5.60 Å². The number of furan rings is 1. The monoisotopic (exact) mass is 458 g/mol. The van der Waals surface area contributed by atoms with Gasteiger partial charge in [-0.05, 0) is 75.4 Å². The van der Waals surface area contributed by atoms with Crippen molar-refractivity contribution in [2.75, 3.05) is 36.4 Å². The molecule has 1 amide bonds. The molecule has 1 aliphatic rings. The molecule has 176 valence electrons. The maximum atomic E-state index is 12.3. The highest BCUT2D eigenvalue weighted by Crippen LogP contribution is 2.27. The summed E-state index contributed by atoms with van der Waals surface area (Å²) in [5, 5.41) is 12.4. The molecule has 0 atom stereocenters. The molecular weight excluding hydrogens is 428 g/mol. The SMILES string of the molecule is CC(C)(C)OC(=O)N1CCN(c2ccc(NCc3ccoc3-c3ccc(C#N)cc3)cc2)CC1. The fraction of sp³-hybridized carbons (Fsp3) is 0.333. The van der Waals surface area contributed by atoms with E-state index >= 15 is 0 Å². The van der Waals surface area contributed by atoms with Gasteiger partial charge in [0.25, 0.3) is 0 Å². The molecule has 1 aliphatic heterocycles. The molecular formula is C27H30N4O3. The van der Waals surface area contributed by atoms with Crippen molar-refractivity contribution in [1.29, 1.82) is 5.26 Å². The summed E-state index contributed by atoms with van der Waals surface area (Å²) in [7, 11) is 0. The van der Waals surface area contributed by atoms with Gasteiger partial charge in [0.2, 0.25) is 0 Å². The van der Waals surface area contributed by atoms with Crippen molar-refractivity contribution in [1.82, 2.24) is 4.90 Å². The molecule has 3 aromatic rings. The zero-order chi connectivity index (χ0) is 24.1. The van der Waals surface area contributed by atoms with Gasteiger partial charge in [-0.2, -0.15) is 5.26 Å². The van der Waals surface area contributed by atoms with E-state index in [1.54, 1.807) is 23.3 Å². The Morgan fingerprint density at radius 2 is 1.71 bits per heavy atom. The van der Waals surface area contributed by atoms with Crippen LogP contribution in [0, 0.1) is 11.3 Å². The van der Waals surface area contributed by atoms with Crippen molar-refractivity contribution >= 4 is 17.5 Å². The van der Waals surface area contributed by atoms with Crippen LogP contribution in [0.3, 0.4) is 0 Å². The van der Waals surface area contributed by atoms with Crippen LogP contribution in [-0.2, 0) is 11.3 Å². The molecule has 1 fully saturated rings. The van der Waals surface area contributed by atoms with E-state index in [0.717, 1.165) is 41.4 Å². The lowest BCUT2D eigenvalue weighted by molar-refractivity contribution is 0.0240. The molecule has 7 nitrogen and oxygen atoms in total. The van der Waals surface area contributed by atoms with Crippen LogP contribution in [0.25, 0.3) is 11.3 Å². The van der Waals surface area contributed by atoms with E-state index in [-0.39, 0.29) is 6.09 Å². The first-order chi connectivity index (χ1) is 16.3. The number of carbonyl (C=O) groups is 1. The molecule has 0 bridgehead atoms. The van der Waals surface area contributed by atoms with Gasteiger partial charge in [0.15, 0.2) is 0 Å². The van der Waals surface area contributed by atoms with Crippen LogP contribution in [0.1, 0.15) is 31.9 Å². The van der Waals surface area contributed by atoms with Gasteiger partial charge in [-0.1, -0.05) is 0 Å². The third kappa shape index (κ3) is 5.70. The lowest BCUT2D eigenvalue weighted by Gasteiger charge is -2.36. The van der Waals surface area contributed by atoms with Gasteiger partial charge in [-0.3, -0.25) is 0 Å². The minimum absolute atomic E-state index is 0.244. The lowest BCUT2D eigenvalue weighted by Crippen LogP contribution is -2.50. The number of amides is 1. The normalized spacial score (nSPS) is 13.9. The Labute approximate surface area is 200 Å². The van der Waals surface area contributed by atoms with Crippen LogP contribution in [-0.4, -0.2) is 42.8 Å². The van der Waals surface area contributed by atoms with Crippen molar-refractivity contribution < 1.29 is 13.9 Å². The highest BCUT2D eigenvalue weighted by Gasteiger charge is 2.25. The van der Waals surface area contributed by atoms with Crippen molar-refractivity contribution in [2.24, 2.45) is 0 Å². The zero-order valence-corrected chi connectivity index (χ0v) is 19.9. The Bertz CT molecular complexity index is 1150. The number of nitrogens with one attached hydrogen (secondary N) is 1. The number of rotatable bonds is 5. The predicted molar refractivity (Wildman–Crippen MR) is 133 cm³/mol. The molecule has 1 saturated heterocycles. The standard InChI is InChI=1S/C27H30N4O3/c1-27(2,3)34-26(32)31-15-13-30(14-16-31)24-10-8-23(9-11-24)29-19-22-12-17-33-25(22)21-6-4-20(18-28)5-7-21/h4-12,17,29H,13-16,19H2,1-3H3. The summed E-state index contributed by atoms with van der Waals surface area (Å²) in [6, 6.07) is 19.8. The van der Waals surface area contributed by atoms with Gasteiger partial charge in [0.1, 0.15) is 11.4 Å². The fourth-order valence-corrected chi connectivity index (χ4v) is 3.89. The second-order valence-electron chi connectivity index (χ2n) is 9.32. The van der Waals surface area contributed by atoms with Crippen molar-refractivity contribution in [3.8, 4) is 17.4 Å². The van der Waals surface area contributed by atoms with E-state index in [1.165, 1.54) is 0 Å². The van der Waals surface area contributed by atoms with E-state index in [2.05, 4.69) is 40.6 Å². The smallest absolute Gasteiger partial charge is 0.410 e. The van der Waals surface area contributed by atoms with Crippen LogP contribution >= 0.6 is 0 Å². The number of nitriles is 1. The van der Waals surface area contributed by atoms with E-state index in [4.69, 9.17) is 14.4 Å². The number of benzene rings is 2. The third-order valence-electron chi connectivity index (χ3n) is 5.67. The highest BCUT2D eigenvalue weighted by molar-refractivity contribution is 5.69. The van der Waals surface area contributed by atoms with Crippen LogP contribution in [0.5, 0.6) is 0 Å². The molecule has 2 aromatic carbocycles. The number of hydrogen-bond acceptors (Lipinski definition) is 6. The summed E-state index contributed by atoms with van der Waals surface area (Å²) in [6.07, 6.45) is 1.44. The Morgan fingerprint density at radius 1 is 1.03 bits per heavy atom. The first kappa shape index (κ1) is 23.2. The van der Waals surface area contributed by atoms with Gasteiger partial charge in [-0.25, -0.2) is 4.79 Å². The summed E-state index contributed by atoms with van der Waals surface area (Å²) >= 11 is 0. The van der Waals surface area contributed by atoms with Gasteiger partial charge in [0.05, 0.1) is 17.9 Å². The molecule has 7 heteroatoms. The molecule has 1 N–H and O–H groups in total. The number of piperazine rings is 1. The average Bonchev–Trinajstić information content (AvgIpc) is 3.31. The average molecular weight is 459 g/mol. The number of hydrogen-bond donors (Lipinski definition) is 1. The Morgan fingerprint density at radius 3 is 2.32 bits per heavy atom. The van der Waals surface area contributed by atoms with Crippen LogP contribution in [0.4, 0.5) is 16.2 Å². The van der Waals surface area contributed by atoms with Crippen LogP contribution < -0.4 is 10.2 Å². The van der Waals surface area contributed by atoms with Crippen molar-refractivity contribution in [3.63, 3.8) is 0 Å². The minimum atomic E-state index is -0.476. The quantitative estimate of drug-likeness (QED) is 0.545. The first-order valence-corrected chi connectivity index (χ1v) is 11.5. The molecule has 0 saturated carbocycles. The molecule has 0 aliphatic carbocycles. The molecule has 1 aromatic heterocycles. The van der Waals surface area contributed by atoms with Gasteiger partial charge < -0.3 is 24.3 Å². The van der Waals surface area contributed by atoms with Crippen molar-refractivity contribution in [3.05, 3.63) is 72.0 Å². The highest BCUT2D eigenvalue weighted by atomic mass is 16.6. The summed E-state index contributed by atoms with van der Waals surface area (Å²) in [4.78, 5) is 16.3. The molecule has 4 rings (SSSR count). The maximum Gasteiger partial charge on any atom is 0.410 e. The van der Waals surface area contributed by atoms with Gasteiger partial charge >= 0.3 is 6.09 Å². The maximum absolute atomic E-state index is 12.3. The molecule has 0 unspecified atom stereocenters.